The van der Waals surface area contributed by atoms with E-state index in [0.717, 1.165) is 38.4 Å². The van der Waals surface area contributed by atoms with E-state index in [2.05, 4.69) is 10.4 Å². The maximum absolute atomic E-state index is 13.5. The summed E-state index contributed by atoms with van der Waals surface area (Å²) >= 11 is 0. The van der Waals surface area contributed by atoms with E-state index in [1.165, 1.54) is 24.3 Å². The quantitative estimate of drug-likeness (QED) is 0.119. The fourth-order valence-corrected chi connectivity index (χ4v) is 6.07. The van der Waals surface area contributed by atoms with E-state index in [0.29, 0.717) is 5.56 Å². The number of nitrogens with zero attached hydrogens (tertiary/aromatic N) is 6. The van der Waals surface area contributed by atoms with Crippen LogP contribution >= 0.6 is 0 Å². The Balaban J connectivity index is 1.11. The predicted molar refractivity (Wildman–Crippen MR) is 158 cm³/mol. The molecule has 48 heavy (non-hydrogen) atoms. The van der Waals surface area contributed by atoms with Gasteiger partial charge in [-0.05, 0) is 49.4 Å². The van der Waals surface area contributed by atoms with Gasteiger partial charge in [-0.3, -0.25) is 14.4 Å². The molecule has 1 atom stereocenters. The third kappa shape index (κ3) is 6.04. The molecule has 1 N–H and O–H groups in total. The van der Waals surface area contributed by atoms with Crippen molar-refractivity contribution in [2.24, 2.45) is 5.28 Å². The number of carbonyl (C=O) groups excluding carboxylic acids is 3. The summed E-state index contributed by atoms with van der Waals surface area (Å²) in [6, 6.07) is 17.2. The molecule has 2 aliphatic heterocycles. The van der Waals surface area contributed by atoms with Crippen molar-refractivity contribution in [2.45, 2.75) is 30.5 Å². The molecule has 0 unspecified atom stereocenters. The van der Waals surface area contributed by atoms with Gasteiger partial charge in [0.1, 0.15) is 0 Å². The average Bonchev–Trinajstić information content (AvgIpc) is 3.57. The molecule has 3 heterocycles. The highest BCUT2D eigenvalue weighted by Crippen LogP contribution is 2.33. The molecule has 0 bridgehead atoms. The molecule has 4 aromatic rings. The van der Waals surface area contributed by atoms with Gasteiger partial charge in [0, 0.05) is 12.0 Å². The first-order valence-corrected chi connectivity index (χ1v) is 15.7. The van der Waals surface area contributed by atoms with Crippen molar-refractivity contribution < 1.29 is 45.8 Å². The number of nitrogens with one attached hydrogen (secondary N) is 1. The number of imide groups is 1. The molecule has 2 aliphatic rings. The number of hydrazine groups is 1. The van der Waals surface area contributed by atoms with Crippen molar-refractivity contribution in [1.82, 2.24) is 24.4 Å². The molecule has 0 spiro atoms. The Labute approximate surface area is 270 Å². The van der Waals surface area contributed by atoms with Crippen LogP contribution in [-0.4, -0.2) is 70.1 Å². The van der Waals surface area contributed by atoms with Crippen molar-refractivity contribution in [1.29, 1.82) is 0 Å². The summed E-state index contributed by atoms with van der Waals surface area (Å²) in [5.74, 6) is -2.32. The van der Waals surface area contributed by atoms with Gasteiger partial charge in [-0.2, -0.15) is 18.3 Å². The van der Waals surface area contributed by atoms with Gasteiger partial charge in [0.15, 0.2) is 11.7 Å². The Kier molecular flexibility index (Phi) is 8.11. The maximum atomic E-state index is 13.5. The molecular formula is C30H24F3N7O7S. The lowest BCUT2D eigenvalue weighted by Gasteiger charge is -2.33. The zero-order valence-electron chi connectivity index (χ0n) is 24.8. The molecule has 6 rings (SSSR count). The van der Waals surface area contributed by atoms with E-state index >= 15 is 0 Å². The highest BCUT2D eigenvalue weighted by atomic mass is 32.2. The van der Waals surface area contributed by atoms with E-state index < -0.39 is 52.4 Å². The average molecular weight is 684 g/mol. The summed E-state index contributed by atoms with van der Waals surface area (Å²) in [6.07, 6.45) is -4.64. The van der Waals surface area contributed by atoms with Crippen LogP contribution in [0.5, 0.6) is 0 Å². The standard InChI is InChI=1S/C30H24F3N7O7S/c1-18-6-8-19(9-7-18)25-16-26(30(31,32)33)34-39(25)20-10-12-21(13-11-20)48(45,46)35-27(41)24-14-15-38(24)40(44)36-47-17-37-28(42)22-4-2-3-5-23(22)29(37)43/h2-13,16,24H,14-15,17H2,1H3,(H,35,41)/b40-36-/t24-/m0/s1. The van der Waals surface area contributed by atoms with Crippen molar-refractivity contribution in [3.8, 4) is 16.9 Å². The molecule has 3 aromatic carbocycles. The number of benzene rings is 3. The Morgan fingerprint density at radius 1 is 1.04 bits per heavy atom. The van der Waals surface area contributed by atoms with E-state index in [4.69, 9.17) is 4.84 Å². The van der Waals surface area contributed by atoms with Crippen LogP contribution in [-0.2, 0) is 25.8 Å². The number of alkyl halides is 3. The second-order valence-corrected chi connectivity index (χ2v) is 12.5. The number of aromatic nitrogens is 2. The fraction of sp³-hybridized carbons (Fsp3) is 0.200. The largest absolute Gasteiger partial charge is 0.569 e. The molecule has 3 amide bonds. The van der Waals surface area contributed by atoms with Gasteiger partial charge in [0.05, 0.1) is 38.9 Å². The van der Waals surface area contributed by atoms with Gasteiger partial charge in [0.25, 0.3) is 27.7 Å². The number of carbonyl (C=O) groups is 3. The Bertz CT molecular complexity index is 2030. The predicted octanol–water partition coefficient (Wildman–Crippen LogP) is 3.81. The van der Waals surface area contributed by atoms with Gasteiger partial charge in [-0.25, -0.2) is 22.7 Å². The van der Waals surface area contributed by atoms with Crippen LogP contribution in [0.4, 0.5) is 13.2 Å². The van der Waals surface area contributed by atoms with Gasteiger partial charge < -0.3 is 10.0 Å². The Morgan fingerprint density at radius 3 is 2.23 bits per heavy atom. The Hall–Kier alpha value is -5.78. The fourth-order valence-electron chi connectivity index (χ4n) is 5.05. The number of rotatable bonds is 9. The second-order valence-electron chi connectivity index (χ2n) is 10.8. The minimum atomic E-state index is -4.73. The molecule has 1 aromatic heterocycles. The SMILES string of the molecule is Cc1ccc(-c2cc(C(F)(F)F)nn2-c2ccc(S(=O)(=O)NC(=O)[C@@H]3CCN3/[N+]([O-])=N/OCN3C(=O)c4ccccc4C3=O)cc2)cc1. The smallest absolute Gasteiger partial charge is 0.435 e. The first kappa shape index (κ1) is 32.2. The van der Waals surface area contributed by atoms with Crippen molar-refractivity contribution in [3.05, 3.63) is 106 Å². The number of aryl methyl sites for hydroxylation is 1. The van der Waals surface area contributed by atoms with Gasteiger partial charge in [0.2, 0.25) is 12.0 Å². The summed E-state index contributed by atoms with van der Waals surface area (Å²) in [7, 11) is -4.48. The normalized spacial score (nSPS) is 16.5. The monoisotopic (exact) mass is 683 g/mol. The number of sulfonamides is 1. The van der Waals surface area contributed by atoms with Crippen molar-refractivity contribution >= 4 is 27.7 Å². The topological polar surface area (TPSA) is 169 Å². The molecular weight excluding hydrogens is 659 g/mol. The van der Waals surface area contributed by atoms with Crippen LogP contribution in [0.15, 0.2) is 89.0 Å². The maximum Gasteiger partial charge on any atom is 0.435 e. The van der Waals surface area contributed by atoms with Crippen LogP contribution in [0.25, 0.3) is 16.9 Å². The first-order valence-electron chi connectivity index (χ1n) is 14.2. The molecule has 248 valence electrons. The van der Waals surface area contributed by atoms with Crippen LogP contribution in [0.2, 0.25) is 0 Å². The van der Waals surface area contributed by atoms with E-state index in [-0.39, 0.29) is 45.3 Å². The van der Waals surface area contributed by atoms with Crippen LogP contribution in [0.1, 0.15) is 38.4 Å². The third-order valence-electron chi connectivity index (χ3n) is 7.68. The lowest BCUT2D eigenvalue weighted by Crippen LogP contribution is -2.59. The highest BCUT2D eigenvalue weighted by Gasteiger charge is 2.43. The van der Waals surface area contributed by atoms with Gasteiger partial charge >= 0.3 is 6.18 Å². The highest BCUT2D eigenvalue weighted by molar-refractivity contribution is 7.90. The number of halogens is 3. The second kappa shape index (κ2) is 12.1. The number of amides is 3. The number of hydrogen-bond acceptors (Lipinski definition) is 9. The zero-order chi connectivity index (χ0) is 34.4. The number of fused-ring (bicyclic) bond motifs is 1. The van der Waals surface area contributed by atoms with E-state index in [1.807, 2.05) is 11.6 Å². The summed E-state index contributed by atoms with van der Waals surface area (Å²) in [4.78, 5) is 42.8. The molecule has 14 nitrogen and oxygen atoms in total. The Morgan fingerprint density at radius 2 is 1.67 bits per heavy atom. The molecule has 1 saturated heterocycles. The van der Waals surface area contributed by atoms with Crippen LogP contribution in [0, 0.1) is 12.1 Å². The van der Waals surface area contributed by atoms with E-state index in [1.54, 1.807) is 36.4 Å². The summed E-state index contributed by atoms with van der Waals surface area (Å²) in [5, 5.41) is 20.3. The minimum absolute atomic E-state index is 0.0172. The van der Waals surface area contributed by atoms with Crippen LogP contribution in [0.3, 0.4) is 0 Å². The minimum Gasteiger partial charge on any atom is -0.569 e. The van der Waals surface area contributed by atoms with Crippen molar-refractivity contribution in [3.63, 3.8) is 0 Å². The van der Waals surface area contributed by atoms with Crippen molar-refractivity contribution in [2.75, 3.05) is 13.3 Å². The lowest BCUT2D eigenvalue weighted by molar-refractivity contribution is -0.728. The summed E-state index contributed by atoms with van der Waals surface area (Å²) < 4.78 is 69.5. The summed E-state index contributed by atoms with van der Waals surface area (Å²) in [6.45, 7) is 1.17. The summed E-state index contributed by atoms with van der Waals surface area (Å²) in [5.41, 5.74) is 0.797. The molecule has 1 fully saturated rings. The van der Waals surface area contributed by atoms with E-state index in [9.17, 15) is 41.2 Å². The molecule has 0 saturated carbocycles. The van der Waals surface area contributed by atoms with Gasteiger partial charge in [-0.1, -0.05) is 42.0 Å². The lowest BCUT2D eigenvalue weighted by atomic mass is 10.1. The third-order valence-corrected chi connectivity index (χ3v) is 9.04. The van der Waals surface area contributed by atoms with Crippen LogP contribution < -0.4 is 4.72 Å². The first-order chi connectivity index (χ1) is 22.7. The molecule has 18 heteroatoms. The zero-order valence-corrected chi connectivity index (χ0v) is 25.6. The molecule has 0 aliphatic carbocycles. The molecule has 0 radical (unpaired) electrons. The van der Waals surface area contributed by atoms with Gasteiger partial charge in [-0.15, -0.1) is 5.01 Å². The number of hydrogen-bond donors (Lipinski definition) is 1.